The number of fused-ring (bicyclic) bond motifs is 1. The molecule has 4 rings (SSSR count). The number of aryl methyl sites for hydroxylation is 1. The van der Waals surface area contributed by atoms with Gasteiger partial charge < -0.3 is 5.73 Å². The third-order valence-electron chi connectivity index (χ3n) is 4.07. The Balaban J connectivity index is 1.49. The van der Waals surface area contributed by atoms with E-state index < -0.39 is 0 Å². The van der Waals surface area contributed by atoms with Crippen LogP contribution in [0, 0.1) is 6.92 Å². The van der Waals surface area contributed by atoms with E-state index in [4.69, 9.17) is 5.73 Å². The lowest BCUT2D eigenvalue weighted by Crippen LogP contribution is -2.17. The first kappa shape index (κ1) is 17.2. The Bertz CT molecular complexity index is 1010. The summed E-state index contributed by atoms with van der Waals surface area (Å²) in [5, 5.41) is 13.2. The van der Waals surface area contributed by atoms with Gasteiger partial charge in [0.2, 0.25) is 4.96 Å². The standard InChI is InChI=1S/C19H19N5S2/c1-13-6-5-9-15(10-13)12-25-19-23-24-17(21-22-18(24)26-19)16(20)11-14-7-3-2-4-8-14/h2-10,16H,11-12,20H2,1H3. The second kappa shape index (κ2) is 7.57. The first-order valence-corrected chi connectivity index (χ1v) is 10.2. The van der Waals surface area contributed by atoms with Crippen molar-refractivity contribution in [2.75, 3.05) is 0 Å². The zero-order valence-electron chi connectivity index (χ0n) is 14.4. The molecule has 0 saturated carbocycles. The topological polar surface area (TPSA) is 69.1 Å². The molecule has 0 radical (unpaired) electrons. The molecule has 1 atom stereocenters. The van der Waals surface area contributed by atoms with Crippen molar-refractivity contribution in [3.05, 3.63) is 77.1 Å². The molecule has 132 valence electrons. The molecular weight excluding hydrogens is 362 g/mol. The van der Waals surface area contributed by atoms with Crippen LogP contribution in [0.1, 0.15) is 28.6 Å². The van der Waals surface area contributed by atoms with Crippen molar-refractivity contribution in [1.82, 2.24) is 19.8 Å². The molecule has 4 aromatic rings. The first-order chi connectivity index (χ1) is 12.7. The maximum Gasteiger partial charge on any atom is 0.235 e. The maximum atomic E-state index is 6.36. The Hall–Kier alpha value is -2.22. The first-order valence-electron chi connectivity index (χ1n) is 8.39. The van der Waals surface area contributed by atoms with Crippen molar-refractivity contribution in [1.29, 1.82) is 0 Å². The summed E-state index contributed by atoms with van der Waals surface area (Å²) in [5.41, 5.74) is 10.1. The number of thioether (sulfide) groups is 1. The Morgan fingerprint density at radius 3 is 2.69 bits per heavy atom. The number of nitrogens with two attached hydrogens (primary N) is 1. The van der Waals surface area contributed by atoms with Crippen molar-refractivity contribution in [2.45, 2.75) is 29.5 Å². The summed E-state index contributed by atoms with van der Waals surface area (Å²) >= 11 is 3.27. The van der Waals surface area contributed by atoms with Crippen LogP contribution in [0.3, 0.4) is 0 Å². The molecule has 0 amide bonds. The van der Waals surface area contributed by atoms with Gasteiger partial charge in [0.05, 0.1) is 6.04 Å². The molecule has 2 aromatic heterocycles. The Labute approximate surface area is 160 Å². The van der Waals surface area contributed by atoms with Crippen LogP contribution in [0.4, 0.5) is 0 Å². The maximum absolute atomic E-state index is 6.36. The molecule has 0 spiro atoms. The number of hydrogen-bond donors (Lipinski definition) is 1. The molecule has 1 unspecified atom stereocenters. The highest BCUT2D eigenvalue weighted by molar-refractivity contribution is 8.00. The smallest absolute Gasteiger partial charge is 0.235 e. The van der Waals surface area contributed by atoms with Gasteiger partial charge >= 0.3 is 0 Å². The molecule has 0 aliphatic heterocycles. The van der Waals surface area contributed by atoms with Gasteiger partial charge in [0.25, 0.3) is 0 Å². The minimum atomic E-state index is -0.232. The third kappa shape index (κ3) is 3.80. The minimum absolute atomic E-state index is 0.232. The lowest BCUT2D eigenvalue weighted by molar-refractivity contribution is 0.635. The van der Waals surface area contributed by atoms with Crippen molar-refractivity contribution >= 4 is 28.1 Å². The highest BCUT2D eigenvalue weighted by Gasteiger charge is 2.18. The van der Waals surface area contributed by atoms with Gasteiger partial charge in [-0.3, -0.25) is 0 Å². The second-order valence-electron chi connectivity index (χ2n) is 6.19. The molecular formula is C19H19N5S2. The average Bonchev–Trinajstić information content (AvgIpc) is 3.21. The molecule has 5 nitrogen and oxygen atoms in total. The molecule has 0 aliphatic rings. The lowest BCUT2D eigenvalue weighted by atomic mass is 10.1. The van der Waals surface area contributed by atoms with Gasteiger partial charge in [-0.2, -0.15) is 4.52 Å². The fourth-order valence-electron chi connectivity index (χ4n) is 2.81. The summed E-state index contributed by atoms with van der Waals surface area (Å²) in [7, 11) is 0. The van der Waals surface area contributed by atoms with E-state index >= 15 is 0 Å². The summed E-state index contributed by atoms with van der Waals surface area (Å²) < 4.78 is 2.76. The molecule has 0 saturated heterocycles. The van der Waals surface area contributed by atoms with E-state index in [0.717, 1.165) is 15.1 Å². The second-order valence-corrected chi connectivity index (χ2v) is 8.37. The molecule has 2 N–H and O–H groups in total. The van der Waals surface area contributed by atoms with Crippen molar-refractivity contribution in [3.63, 3.8) is 0 Å². The summed E-state index contributed by atoms with van der Waals surface area (Å²) in [6.45, 7) is 2.11. The largest absolute Gasteiger partial charge is 0.321 e. The summed E-state index contributed by atoms with van der Waals surface area (Å²) in [4.78, 5) is 0.787. The Kier molecular flexibility index (Phi) is 5.01. The summed E-state index contributed by atoms with van der Waals surface area (Å²) in [6, 6.07) is 18.5. The van der Waals surface area contributed by atoms with E-state index in [1.54, 1.807) is 27.6 Å². The van der Waals surface area contributed by atoms with E-state index in [9.17, 15) is 0 Å². The Morgan fingerprint density at radius 2 is 1.88 bits per heavy atom. The van der Waals surface area contributed by atoms with Crippen LogP contribution in [0.2, 0.25) is 0 Å². The number of rotatable bonds is 6. The molecule has 0 fully saturated rings. The van der Waals surface area contributed by atoms with Crippen molar-refractivity contribution in [3.8, 4) is 0 Å². The molecule has 0 bridgehead atoms. The highest BCUT2D eigenvalue weighted by Crippen LogP contribution is 2.28. The molecule has 2 aromatic carbocycles. The number of benzene rings is 2. The molecule has 26 heavy (non-hydrogen) atoms. The fraction of sp³-hybridized carbons (Fsp3) is 0.211. The van der Waals surface area contributed by atoms with Gasteiger partial charge in [-0.25, -0.2) is 0 Å². The van der Waals surface area contributed by atoms with Gasteiger partial charge in [-0.05, 0) is 24.5 Å². The number of nitrogens with zero attached hydrogens (tertiary/aromatic N) is 4. The quantitative estimate of drug-likeness (QED) is 0.511. The van der Waals surface area contributed by atoms with Gasteiger partial charge in [0, 0.05) is 5.75 Å². The highest BCUT2D eigenvalue weighted by atomic mass is 32.2. The fourth-order valence-corrected chi connectivity index (χ4v) is 4.64. The molecule has 2 heterocycles. The van der Waals surface area contributed by atoms with Crippen LogP contribution < -0.4 is 5.73 Å². The predicted octanol–water partition coefficient (Wildman–Crippen LogP) is 4.03. The molecule has 7 heteroatoms. The normalized spacial score (nSPS) is 12.5. The van der Waals surface area contributed by atoms with Crippen molar-refractivity contribution < 1.29 is 0 Å². The van der Waals surface area contributed by atoms with Gasteiger partial charge in [0.1, 0.15) is 0 Å². The van der Waals surface area contributed by atoms with E-state index in [0.29, 0.717) is 12.2 Å². The van der Waals surface area contributed by atoms with E-state index in [1.165, 1.54) is 16.7 Å². The van der Waals surface area contributed by atoms with Crippen LogP contribution in [-0.4, -0.2) is 19.8 Å². The van der Waals surface area contributed by atoms with Crippen molar-refractivity contribution in [2.24, 2.45) is 5.73 Å². The van der Waals surface area contributed by atoms with Gasteiger partial charge in [0.15, 0.2) is 10.2 Å². The van der Waals surface area contributed by atoms with Gasteiger partial charge in [-0.1, -0.05) is 83.3 Å². The predicted molar refractivity (Wildman–Crippen MR) is 106 cm³/mol. The zero-order valence-corrected chi connectivity index (χ0v) is 16.0. The number of aromatic nitrogens is 4. The van der Waals surface area contributed by atoms with E-state index in [1.807, 2.05) is 18.2 Å². The van der Waals surface area contributed by atoms with Crippen LogP contribution in [0.25, 0.3) is 4.96 Å². The van der Waals surface area contributed by atoms with E-state index in [2.05, 4.69) is 58.6 Å². The summed E-state index contributed by atoms with van der Waals surface area (Å²) in [6.07, 6.45) is 0.713. The summed E-state index contributed by atoms with van der Waals surface area (Å²) in [5.74, 6) is 1.60. The minimum Gasteiger partial charge on any atom is -0.321 e. The van der Waals surface area contributed by atoms with Crippen LogP contribution in [0.5, 0.6) is 0 Å². The van der Waals surface area contributed by atoms with E-state index in [-0.39, 0.29) is 6.04 Å². The SMILES string of the molecule is Cc1cccc(CSc2nn3c(C(N)Cc4ccccc4)nnc3s2)c1. The Morgan fingerprint density at radius 1 is 1.08 bits per heavy atom. The third-order valence-corrected chi connectivity index (χ3v) is 6.17. The monoisotopic (exact) mass is 381 g/mol. The van der Waals surface area contributed by atoms with Crippen LogP contribution in [0.15, 0.2) is 58.9 Å². The average molecular weight is 382 g/mol. The van der Waals surface area contributed by atoms with Gasteiger partial charge in [-0.15, -0.1) is 15.3 Å². The van der Waals surface area contributed by atoms with Crippen LogP contribution in [-0.2, 0) is 12.2 Å². The lowest BCUT2D eigenvalue weighted by Gasteiger charge is -2.08. The number of hydrogen-bond acceptors (Lipinski definition) is 6. The van der Waals surface area contributed by atoms with Crippen LogP contribution >= 0.6 is 23.1 Å². The molecule has 0 aliphatic carbocycles. The zero-order chi connectivity index (χ0) is 17.9.